The standard InChI is InChI=1S/C13H19NO/c1-3-12(10-4-5-10)14-13-7-6-11(15)8-9(13)2/h6-8,10,12,14-15H,3-5H2,1-2H3. The van der Waals surface area contributed by atoms with Crippen LogP contribution in [0.15, 0.2) is 18.2 Å². The lowest BCUT2D eigenvalue weighted by Gasteiger charge is -2.19. The van der Waals surface area contributed by atoms with Crippen LogP contribution in [0, 0.1) is 12.8 Å². The van der Waals surface area contributed by atoms with Crippen molar-refractivity contribution < 1.29 is 5.11 Å². The van der Waals surface area contributed by atoms with Crippen LogP contribution in [0.1, 0.15) is 31.7 Å². The van der Waals surface area contributed by atoms with Gasteiger partial charge in [0.05, 0.1) is 0 Å². The minimum absolute atomic E-state index is 0.345. The summed E-state index contributed by atoms with van der Waals surface area (Å²) in [7, 11) is 0. The van der Waals surface area contributed by atoms with Crippen LogP contribution in [0.5, 0.6) is 5.75 Å². The van der Waals surface area contributed by atoms with Gasteiger partial charge in [0, 0.05) is 11.7 Å². The van der Waals surface area contributed by atoms with Crippen LogP contribution >= 0.6 is 0 Å². The molecule has 1 saturated carbocycles. The van der Waals surface area contributed by atoms with Gasteiger partial charge in [-0.2, -0.15) is 0 Å². The predicted octanol–water partition coefficient (Wildman–Crippen LogP) is 3.30. The molecule has 0 heterocycles. The van der Waals surface area contributed by atoms with Crippen LogP contribution in [0.3, 0.4) is 0 Å². The molecule has 0 radical (unpaired) electrons. The van der Waals surface area contributed by atoms with E-state index in [0.29, 0.717) is 11.8 Å². The molecule has 1 aromatic rings. The van der Waals surface area contributed by atoms with Crippen molar-refractivity contribution >= 4 is 5.69 Å². The molecule has 15 heavy (non-hydrogen) atoms. The number of aryl methyl sites for hydroxylation is 1. The summed E-state index contributed by atoms with van der Waals surface area (Å²) in [6.45, 7) is 4.26. The van der Waals surface area contributed by atoms with E-state index in [4.69, 9.17) is 0 Å². The van der Waals surface area contributed by atoms with E-state index in [2.05, 4.69) is 12.2 Å². The smallest absolute Gasteiger partial charge is 0.115 e. The van der Waals surface area contributed by atoms with E-state index in [1.165, 1.54) is 19.3 Å². The topological polar surface area (TPSA) is 32.3 Å². The van der Waals surface area contributed by atoms with E-state index in [-0.39, 0.29) is 0 Å². The first-order valence-corrected chi connectivity index (χ1v) is 5.77. The van der Waals surface area contributed by atoms with Crippen LogP contribution < -0.4 is 5.32 Å². The number of nitrogens with one attached hydrogen (secondary N) is 1. The Balaban J connectivity index is 2.08. The molecule has 0 saturated heterocycles. The first kappa shape index (κ1) is 10.3. The molecular weight excluding hydrogens is 186 g/mol. The summed E-state index contributed by atoms with van der Waals surface area (Å²) in [6, 6.07) is 6.13. The molecular formula is C13H19NO. The van der Waals surface area contributed by atoms with Crippen LogP contribution in [0.2, 0.25) is 0 Å². The third-order valence-corrected chi connectivity index (χ3v) is 3.18. The van der Waals surface area contributed by atoms with Gasteiger partial charge in [0.1, 0.15) is 5.75 Å². The fourth-order valence-corrected chi connectivity index (χ4v) is 2.06. The molecule has 1 atom stereocenters. The molecule has 1 aromatic carbocycles. The molecule has 2 rings (SSSR count). The fraction of sp³-hybridized carbons (Fsp3) is 0.538. The highest BCUT2D eigenvalue weighted by molar-refractivity contribution is 5.54. The number of anilines is 1. The summed E-state index contributed by atoms with van der Waals surface area (Å²) in [5.74, 6) is 1.21. The Kier molecular flexibility index (Phi) is 2.85. The van der Waals surface area contributed by atoms with Gasteiger partial charge < -0.3 is 10.4 Å². The van der Waals surface area contributed by atoms with Gasteiger partial charge in [-0.3, -0.25) is 0 Å². The lowest BCUT2D eigenvalue weighted by atomic mass is 10.1. The molecule has 82 valence electrons. The highest BCUT2D eigenvalue weighted by Crippen LogP contribution is 2.36. The molecule has 2 heteroatoms. The molecule has 1 aliphatic carbocycles. The Labute approximate surface area is 91.3 Å². The highest BCUT2D eigenvalue weighted by Gasteiger charge is 2.29. The van der Waals surface area contributed by atoms with E-state index in [1.807, 2.05) is 19.1 Å². The van der Waals surface area contributed by atoms with Gasteiger partial charge in [0.2, 0.25) is 0 Å². The number of phenols is 1. The summed E-state index contributed by atoms with van der Waals surface area (Å²) in [5, 5.41) is 12.9. The van der Waals surface area contributed by atoms with Gasteiger partial charge in [0.15, 0.2) is 0 Å². The maximum atomic E-state index is 9.32. The minimum atomic E-state index is 0.345. The molecule has 2 nitrogen and oxygen atoms in total. The summed E-state index contributed by atoms with van der Waals surface area (Å²) in [6.07, 6.45) is 3.90. The van der Waals surface area contributed by atoms with Gasteiger partial charge >= 0.3 is 0 Å². The number of hydrogen-bond donors (Lipinski definition) is 2. The molecule has 0 spiro atoms. The van der Waals surface area contributed by atoms with Crippen molar-refractivity contribution in [2.24, 2.45) is 5.92 Å². The number of hydrogen-bond acceptors (Lipinski definition) is 2. The van der Waals surface area contributed by atoms with Gasteiger partial charge in [0.25, 0.3) is 0 Å². The summed E-state index contributed by atoms with van der Waals surface area (Å²) in [5.41, 5.74) is 2.28. The SMILES string of the molecule is CCC(Nc1ccc(O)cc1C)C1CC1. The van der Waals surface area contributed by atoms with E-state index in [0.717, 1.165) is 17.2 Å². The average molecular weight is 205 g/mol. The van der Waals surface area contributed by atoms with Crippen molar-refractivity contribution in [3.05, 3.63) is 23.8 Å². The number of rotatable bonds is 4. The van der Waals surface area contributed by atoms with Crippen LogP contribution in [0.25, 0.3) is 0 Å². The maximum absolute atomic E-state index is 9.32. The second-order valence-electron chi connectivity index (χ2n) is 4.50. The number of benzene rings is 1. The minimum Gasteiger partial charge on any atom is -0.508 e. The van der Waals surface area contributed by atoms with Gasteiger partial charge in [-0.15, -0.1) is 0 Å². The van der Waals surface area contributed by atoms with Crippen LogP contribution in [-0.4, -0.2) is 11.1 Å². The highest BCUT2D eigenvalue weighted by atomic mass is 16.3. The predicted molar refractivity (Wildman–Crippen MR) is 63.3 cm³/mol. The normalized spacial score (nSPS) is 17.5. The lowest BCUT2D eigenvalue weighted by Crippen LogP contribution is -2.21. The quantitative estimate of drug-likeness (QED) is 0.739. The van der Waals surface area contributed by atoms with Crippen LogP contribution in [0.4, 0.5) is 5.69 Å². The van der Waals surface area contributed by atoms with Crippen LogP contribution in [-0.2, 0) is 0 Å². The fourth-order valence-electron chi connectivity index (χ4n) is 2.06. The zero-order valence-electron chi connectivity index (χ0n) is 9.46. The third kappa shape index (κ3) is 2.44. The van der Waals surface area contributed by atoms with Crippen molar-refractivity contribution in [3.8, 4) is 5.75 Å². The van der Waals surface area contributed by atoms with E-state index < -0.39 is 0 Å². The first-order chi connectivity index (χ1) is 7.20. The zero-order chi connectivity index (χ0) is 10.8. The van der Waals surface area contributed by atoms with Crippen molar-refractivity contribution in [3.63, 3.8) is 0 Å². The van der Waals surface area contributed by atoms with Gasteiger partial charge in [-0.1, -0.05) is 6.92 Å². The molecule has 0 aromatic heterocycles. The Morgan fingerprint density at radius 1 is 1.47 bits per heavy atom. The molecule has 1 unspecified atom stereocenters. The lowest BCUT2D eigenvalue weighted by molar-refractivity contribution is 0.475. The zero-order valence-corrected chi connectivity index (χ0v) is 9.46. The molecule has 2 N–H and O–H groups in total. The van der Waals surface area contributed by atoms with E-state index in [9.17, 15) is 5.11 Å². The molecule has 0 bridgehead atoms. The third-order valence-electron chi connectivity index (χ3n) is 3.18. The summed E-state index contributed by atoms with van der Waals surface area (Å²) in [4.78, 5) is 0. The van der Waals surface area contributed by atoms with E-state index in [1.54, 1.807) is 6.07 Å². The van der Waals surface area contributed by atoms with Crippen molar-refractivity contribution in [2.45, 2.75) is 39.2 Å². The molecule has 0 amide bonds. The molecule has 0 aliphatic heterocycles. The number of phenolic OH excluding ortho intramolecular Hbond substituents is 1. The molecule has 1 aliphatic rings. The monoisotopic (exact) mass is 205 g/mol. The first-order valence-electron chi connectivity index (χ1n) is 5.77. The Hall–Kier alpha value is -1.18. The average Bonchev–Trinajstić information content (AvgIpc) is 3.00. The van der Waals surface area contributed by atoms with Gasteiger partial charge in [-0.25, -0.2) is 0 Å². The van der Waals surface area contributed by atoms with E-state index >= 15 is 0 Å². The van der Waals surface area contributed by atoms with Crippen molar-refractivity contribution in [1.29, 1.82) is 0 Å². The van der Waals surface area contributed by atoms with Gasteiger partial charge in [-0.05, 0) is 55.9 Å². The van der Waals surface area contributed by atoms with Crippen molar-refractivity contribution in [1.82, 2.24) is 0 Å². The van der Waals surface area contributed by atoms with Crippen molar-refractivity contribution in [2.75, 3.05) is 5.32 Å². The summed E-state index contributed by atoms with van der Waals surface area (Å²) >= 11 is 0. The largest absolute Gasteiger partial charge is 0.508 e. The Bertz CT molecular complexity index is 344. The number of aromatic hydroxyl groups is 1. The second kappa shape index (κ2) is 4.13. The second-order valence-corrected chi connectivity index (χ2v) is 4.50. The summed E-state index contributed by atoms with van der Waals surface area (Å²) < 4.78 is 0. The maximum Gasteiger partial charge on any atom is 0.115 e. The Morgan fingerprint density at radius 3 is 2.73 bits per heavy atom. The Morgan fingerprint density at radius 2 is 2.20 bits per heavy atom. The molecule has 1 fully saturated rings.